The van der Waals surface area contributed by atoms with Gasteiger partial charge in [-0.25, -0.2) is 0 Å². The number of hydrogen-bond acceptors (Lipinski definition) is 5. The van der Waals surface area contributed by atoms with Gasteiger partial charge in [0.05, 0.1) is 4.92 Å². The van der Waals surface area contributed by atoms with Gasteiger partial charge in [0, 0.05) is 56.9 Å². The Bertz CT molecular complexity index is 523. The van der Waals surface area contributed by atoms with Gasteiger partial charge in [-0.3, -0.25) is 19.9 Å². The van der Waals surface area contributed by atoms with Gasteiger partial charge in [-0.1, -0.05) is 12.1 Å². The molecule has 1 aromatic carbocycles. The molecule has 1 aromatic rings. The molecule has 0 saturated carbocycles. The summed E-state index contributed by atoms with van der Waals surface area (Å²) in [5, 5.41) is 14.3. The summed E-state index contributed by atoms with van der Waals surface area (Å²) >= 11 is 0. The number of nitro benzene ring substituents is 1. The van der Waals surface area contributed by atoms with E-state index in [4.69, 9.17) is 0 Å². The Morgan fingerprint density at radius 3 is 2.73 bits per heavy atom. The molecule has 0 amide bonds. The Balaban J connectivity index is 1.60. The van der Waals surface area contributed by atoms with Crippen LogP contribution in [0.15, 0.2) is 24.3 Å². The van der Waals surface area contributed by atoms with Crippen LogP contribution in [0.1, 0.15) is 24.9 Å². The Labute approximate surface area is 131 Å². The smallest absolute Gasteiger partial charge is 0.269 e. The first-order chi connectivity index (χ1) is 10.6. The van der Waals surface area contributed by atoms with Crippen molar-refractivity contribution in [2.75, 3.05) is 39.3 Å². The van der Waals surface area contributed by atoms with Crippen LogP contribution in [-0.2, 0) is 0 Å². The van der Waals surface area contributed by atoms with Crippen LogP contribution < -0.4 is 5.32 Å². The van der Waals surface area contributed by atoms with Crippen molar-refractivity contribution < 1.29 is 4.92 Å². The molecule has 2 aliphatic rings. The highest BCUT2D eigenvalue weighted by molar-refractivity contribution is 5.35. The Morgan fingerprint density at radius 1 is 1.32 bits per heavy atom. The standard InChI is InChI=1S/C16H24N4O2/c1-13(14-3-2-4-15(11-14)20(21)22)18-7-9-19(10-8-18)16-5-6-17-12-16/h2-4,11,13,16-17H,5-10,12H2,1H3. The van der Waals surface area contributed by atoms with Crippen molar-refractivity contribution >= 4 is 5.69 Å². The predicted molar refractivity (Wildman–Crippen MR) is 85.9 cm³/mol. The van der Waals surface area contributed by atoms with E-state index >= 15 is 0 Å². The molecule has 3 rings (SSSR count). The number of hydrogen-bond donors (Lipinski definition) is 1. The number of non-ortho nitro benzene ring substituents is 1. The minimum atomic E-state index is -0.318. The monoisotopic (exact) mass is 304 g/mol. The predicted octanol–water partition coefficient (Wildman–Crippen LogP) is 1.64. The van der Waals surface area contributed by atoms with Crippen LogP contribution in [0.25, 0.3) is 0 Å². The van der Waals surface area contributed by atoms with Gasteiger partial charge in [0.1, 0.15) is 0 Å². The molecule has 2 saturated heterocycles. The molecule has 2 heterocycles. The highest BCUT2D eigenvalue weighted by Crippen LogP contribution is 2.25. The SMILES string of the molecule is CC(c1cccc([N+](=O)[O-])c1)N1CCN(C2CCNC2)CC1. The first kappa shape index (κ1) is 15.4. The quantitative estimate of drug-likeness (QED) is 0.677. The molecule has 120 valence electrons. The molecular formula is C16H24N4O2. The normalized spacial score (nSPS) is 25.2. The molecule has 2 unspecified atom stereocenters. The van der Waals surface area contributed by atoms with E-state index < -0.39 is 0 Å². The average Bonchev–Trinajstić information content (AvgIpc) is 3.09. The highest BCUT2D eigenvalue weighted by atomic mass is 16.6. The zero-order valence-corrected chi connectivity index (χ0v) is 13.1. The second kappa shape index (κ2) is 6.73. The third kappa shape index (κ3) is 3.29. The van der Waals surface area contributed by atoms with Crippen molar-refractivity contribution in [1.29, 1.82) is 0 Å². The third-order valence-electron chi connectivity index (χ3n) is 5.01. The molecule has 0 spiro atoms. The molecular weight excluding hydrogens is 280 g/mol. The minimum absolute atomic E-state index is 0.181. The molecule has 0 aromatic heterocycles. The fourth-order valence-electron chi connectivity index (χ4n) is 3.55. The van der Waals surface area contributed by atoms with Crippen LogP contribution in [0, 0.1) is 10.1 Å². The lowest BCUT2D eigenvalue weighted by molar-refractivity contribution is -0.385. The molecule has 2 aliphatic heterocycles. The fourth-order valence-corrected chi connectivity index (χ4v) is 3.55. The van der Waals surface area contributed by atoms with Gasteiger partial charge in [0.25, 0.3) is 5.69 Å². The summed E-state index contributed by atoms with van der Waals surface area (Å²) in [6, 6.07) is 7.95. The van der Waals surface area contributed by atoms with Gasteiger partial charge in [0.2, 0.25) is 0 Å². The lowest BCUT2D eigenvalue weighted by Gasteiger charge is -2.40. The van der Waals surface area contributed by atoms with Crippen LogP contribution >= 0.6 is 0 Å². The zero-order valence-electron chi connectivity index (χ0n) is 13.1. The summed E-state index contributed by atoms with van der Waals surface area (Å²) in [6.07, 6.45) is 1.25. The molecule has 0 bridgehead atoms. The van der Waals surface area contributed by atoms with E-state index in [9.17, 15) is 10.1 Å². The van der Waals surface area contributed by atoms with Gasteiger partial charge in [0.15, 0.2) is 0 Å². The number of nitrogens with zero attached hydrogens (tertiary/aromatic N) is 3. The molecule has 1 N–H and O–H groups in total. The van der Waals surface area contributed by atoms with Crippen molar-refractivity contribution in [3.05, 3.63) is 39.9 Å². The summed E-state index contributed by atoms with van der Waals surface area (Å²) in [5.74, 6) is 0. The van der Waals surface area contributed by atoms with Crippen LogP contribution in [0.4, 0.5) is 5.69 Å². The second-order valence-corrected chi connectivity index (χ2v) is 6.25. The van der Waals surface area contributed by atoms with Crippen molar-refractivity contribution in [3.63, 3.8) is 0 Å². The number of nitrogens with one attached hydrogen (secondary N) is 1. The van der Waals surface area contributed by atoms with Gasteiger partial charge < -0.3 is 5.32 Å². The van der Waals surface area contributed by atoms with E-state index in [1.165, 1.54) is 6.42 Å². The first-order valence-corrected chi connectivity index (χ1v) is 8.08. The lowest BCUT2D eigenvalue weighted by Crippen LogP contribution is -2.51. The molecule has 2 fully saturated rings. The Kier molecular flexibility index (Phi) is 4.71. The van der Waals surface area contributed by atoms with Gasteiger partial charge >= 0.3 is 0 Å². The highest BCUT2D eigenvalue weighted by Gasteiger charge is 2.28. The summed E-state index contributed by atoms with van der Waals surface area (Å²) in [7, 11) is 0. The third-order valence-corrected chi connectivity index (χ3v) is 5.01. The van der Waals surface area contributed by atoms with Crippen LogP contribution in [0.2, 0.25) is 0 Å². The fraction of sp³-hybridized carbons (Fsp3) is 0.625. The maximum Gasteiger partial charge on any atom is 0.269 e. The molecule has 2 atom stereocenters. The van der Waals surface area contributed by atoms with E-state index in [0.29, 0.717) is 6.04 Å². The van der Waals surface area contributed by atoms with E-state index in [1.54, 1.807) is 18.2 Å². The van der Waals surface area contributed by atoms with E-state index in [2.05, 4.69) is 22.0 Å². The summed E-state index contributed by atoms with van der Waals surface area (Å²) < 4.78 is 0. The van der Waals surface area contributed by atoms with Crippen LogP contribution in [0.5, 0.6) is 0 Å². The van der Waals surface area contributed by atoms with Crippen molar-refractivity contribution in [3.8, 4) is 0 Å². The van der Waals surface area contributed by atoms with Gasteiger partial charge in [-0.2, -0.15) is 0 Å². The maximum absolute atomic E-state index is 10.9. The van der Waals surface area contributed by atoms with Crippen molar-refractivity contribution in [1.82, 2.24) is 15.1 Å². The Morgan fingerprint density at radius 2 is 2.09 bits per heavy atom. The molecule has 0 aliphatic carbocycles. The lowest BCUT2D eigenvalue weighted by atomic mass is 10.0. The van der Waals surface area contributed by atoms with E-state index in [0.717, 1.165) is 44.8 Å². The van der Waals surface area contributed by atoms with Crippen LogP contribution in [-0.4, -0.2) is 60.0 Å². The van der Waals surface area contributed by atoms with Gasteiger partial charge in [-0.05, 0) is 25.5 Å². The van der Waals surface area contributed by atoms with Crippen molar-refractivity contribution in [2.24, 2.45) is 0 Å². The summed E-state index contributed by atoms with van der Waals surface area (Å²) in [4.78, 5) is 15.6. The topological polar surface area (TPSA) is 61.7 Å². The second-order valence-electron chi connectivity index (χ2n) is 6.25. The largest absolute Gasteiger partial charge is 0.315 e. The Hall–Kier alpha value is -1.50. The number of rotatable bonds is 4. The molecule has 22 heavy (non-hydrogen) atoms. The maximum atomic E-state index is 10.9. The van der Waals surface area contributed by atoms with Gasteiger partial charge in [-0.15, -0.1) is 0 Å². The van der Waals surface area contributed by atoms with E-state index in [1.807, 2.05) is 6.07 Å². The summed E-state index contributed by atoms with van der Waals surface area (Å²) in [6.45, 7) is 8.62. The first-order valence-electron chi connectivity index (χ1n) is 8.08. The zero-order chi connectivity index (χ0) is 15.5. The molecule has 6 nitrogen and oxygen atoms in total. The molecule has 6 heteroatoms. The molecule has 0 radical (unpaired) electrons. The number of piperazine rings is 1. The minimum Gasteiger partial charge on any atom is -0.315 e. The summed E-state index contributed by atoms with van der Waals surface area (Å²) in [5.41, 5.74) is 1.21. The average molecular weight is 304 g/mol. The van der Waals surface area contributed by atoms with Crippen molar-refractivity contribution in [2.45, 2.75) is 25.4 Å². The number of nitro groups is 1. The number of benzene rings is 1. The van der Waals surface area contributed by atoms with Crippen LogP contribution in [0.3, 0.4) is 0 Å². The van der Waals surface area contributed by atoms with E-state index in [-0.39, 0.29) is 16.7 Å².